The molecule has 0 atom stereocenters. The number of hydrogen-bond donors (Lipinski definition) is 1. The average molecular weight is 197 g/mol. The van der Waals surface area contributed by atoms with E-state index in [0.29, 0.717) is 5.69 Å². The summed E-state index contributed by atoms with van der Waals surface area (Å²) in [5, 5.41) is 8.90. The third-order valence-corrected chi connectivity index (χ3v) is 2.41. The first-order valence-electron chi connectivity index (χ1n) is 4.73. The Morgan fingerprint density at radius 1 is 1.33 bits per heavy atom. The van der Waals surface area contributed by atoms with Crippen molar-refractivity contribution in [1.82, 2.24) is 9.97 Å². The molecule has 0 amide bonds. The van der Waals surface area contributed by atoms with Gasteiger partial charge in [0, 0.05) is 5.56 Å². The van der Waals surface area contributed by atoms with E-state index in [9.17, 15) is 0 Å². The van der Waals surface area contributed by atoms with Crippen LogP contribution in [0.4, 0.5) is 0 Å². The van der Waals surface area contributed by atoms with E-state index in [1.54, 1.807) is 6.33 Å². The normalized spacial score (nSPS) is 9.93. The topological polar surface area (TPSA) is 52.5 Å². The van der Waals surface area contributed by atoms with Crippen LogP contribution in [-0.4, -0.2) is 9.97 Å². The fourth-order valence-electron chi connectivity index (χ4n) is 1.59. The number of benzene rings is 1. The van der Waals surface area contributed by atoms with E-state index in [1.807, 2.05) is 19.9 Å². The van der Waals surface area contributed by atoms with Gasteiger partial charge in [-0.3, -0.25) is 0 Å². The lowest BCUT2D eigenvalue weighted by atomic mass is 10.0. The van der Waals surface area contributed by atoms with Crippen molar-refractivity contribution in [3.63, 3.8) is 0 Å². The first-order chi connectivity index (χ1) is 7.22. The van der Waals surface area contributed by atoms with Gasteiger partial charge in [-0.1, -0.05) is 17.7 Å². The molecule has 0 radical (unpaired) electrons. The summed E-state index contributed by atoms with van der Waals surface area (Å²) < 4.78 is 0. The highest BCUT2D eigenvalue weighted by atomic mass is 14.9. The van der Waals surface area contributed by atoms with Crippen LogP contribution in [0.25, 0.3) is 11.3 Å². The monoisotopic (exact) mass is 197 g/mol. The average Bonchev–Trinajstić information content (AvgIpc) is 2.69. The predicted octanol–water partition coefficient (Wildman–Crippen LogP) is 2.57. The van der Waals surface area contributed by atoms with Crippen LogP contribution in [0.1, 0.15) is 16.8 Å². The summed E-state index contributed by atoms with van der Waals surface area (Å²) in [6.07, 6.45) is 1.55. The van der Waals surface area contributed by atoms with Crippen molar-refractivity contribution in [3.05, 3.63) is 41.3 Å². The van der Waals surface area contributed by atoms with Gasteiger partial charge in [0.25, 0.3) is 0 Å². The largest absolute Gasteiger partial charge is 0.343 e. The molecule has 2 aromatic rings. The summed E-state index contributed by atoms with van der Waals surface area (Å²) in [5.41, 5.74) is 4.61. The number of aryl methyl sites for hydroxylation is 2. The first-order valence-corrected chi connectivity index (χ1v) is 4.73. The zero-order valence-corrected chi connectivity index (χ0v) is 8.70. The summed E-state index contributed by atoms with van der Waals surface area (Å²) >= 11 is 0. The smallest absolute Gasteiger partial charge is 0.166 e. The quantitative estimate of drug-likeness (QED) is 0.763. The fourth-order valence-corrected chi connectivity index (χ4v) is 1.59. The molecule has 15 heavy (non-hydrogen) atoms. The van der Waals surface area contributed by atoms with Crippen LogP contribution in [0.3, 0.4) is 0 Å². The number of aromatic amines is 1. The summed E-state index contributed by atoms with van der Waals surface area (Å²) in [6, 6.07) is 8.24. The second-order valence-corrected chi connectivity index (χ2v) is 3.56. The Hall–Kier alpha value is -2.08. The van der Waals surface area contributed by atoms with Gasteiger partial charge < -0.3 is 4.98 Å². The lowest BCUT2D eigenvalue weighted by Gasteiger charge is -2.04. The van der Waals surface area contributed by atoms with Gasteiger partial charge in [0.1, 0.15) is 6.07 Å². The highest BCUT2D eigenvalue weighted by Crippen LogP contribution is 2.24. The molecule has 0 fully saturated rings. The van der Waals surface area contributed by atoms with Gasteiger partial charge in [-0.05, 0) is 25.5 Å². The second-order valence-electron chi connectivity index (χ2n) is 3.56. The Morgan fingerprint density at radius 2 is 2.13 bits per heavy atom. The van der Waals surface area contributed by atoms with E-state index in [1.165, 1.54) is 5.56 Å². The third-order valence-electron chi connectivity index (χ3n) is 2.41. The fraction of sp³-hybridized carbons (Fsp3) is 0.167. The van der Waals surface area contributed by atoms with Crippen LogP contribution >= 0.6 is 0 Å². The van der Waals surface area contributed by atoms with Gasteiger partial charge in [-0.25, -0.2) is 4.98 Å². The molecule has 1 heterocycles. The highest BCUT2D eigenvalue weighted by molar-refractivity contribution is 5.68. The van der Waals surface area contributed by atoms with Crippen LogP contribution in [0.15, 0.2) is 24.5 Å². The van der Waals surface area contributed by atoms with Gasteiger partial charge in [-0.15, -0.1) is 0 Å². The van der Waals surface area contributed by atoms with Gasteiger partial charge in [-0.2, -0.15) is 5.26 Å². The SMILES string of the molecule is Cc1ccc(C)c(-c2[nH]cnc2C#N)c1. The van der Waals surface area contributed by atoms with E-state index in [0.717, 1.165) is 16.8 Å². The molecule has 0 saturated heterocycles. The van der Waals surface area contributed by atoms with Gasteiger partial charge in [0.05, 0.1) is 12.0 Å². The van der Waals surface area contributed by atoms with Crippen molar-refractivity contribution in [1.29, 1.82) is 5.26 Å². The molecule has 0 aliphatic carbocycles. The molecule has 74 valence electrons. The molecule has 2 rings (SSSR count). The second kappa shape index (κ2) is 3.58. The molecule has 0 unspecified atom stereocenters. The van der Waals surface area contributed by atoms with Crippen LogP contribution in [0, 0.1) is 25.2 Å². The molecule has 0 bridgehead atoms. The number of imidazole rings is 1. The molecule has 3 nitrogen and oxygen atoms in total. The molecule has 3 heteroatoms. The minimum absolute atomic E-state index is 0.448. The van der Waals surface area contributed by atoms with Gasteiger partial charge in [0.15, 0.2) is 5.69 Å². The molecule has 1 aromatic heterocycles. The van der Waals surface area contributed by atoms with Crippen LogP contribution < -0.4 is 0 Å². The molecule has 0 aliphatic rings. The van der Waals surface area contributed by atoms with Crippen molar-refractivity contribution in [2.24, 2.45) is 0 Å². The van der Waals surface area contributed by atoms with Crippen LogP contribution in [0.5, 0.6) is 0 Å². The Bertz CT molecular complexity index is 532. The standard InChI is InChI=1S/C12H11N3/c1-8-3-4-9(2)10(5-8)12-11(6-13)14-7-15-12/h3-5,7H,1-2H3,(H,14,15). The highest BCUT2D eigenvalue weighted by Gasteiger charge is 2.09. The Kier molecular flexibility index (Phi) is 2.26. The van der Waals surface area contributed by atoms with Gasteiger partial charge >= 0.3 is 0 Å². The summed E-state index contributed by atoms with van der Waals surface area (Å²) in [6.45, 7) is 4.06. The lowest BCUT2D eigenvalue weighted by molar-refractivity contribution is 1.29. The molecule has 0 aliphatic heterocycles. The predicted molar refractivity (Wildman–Crippen MR) is 58.2 cm³/mol. The maximum absolute atomic E-state index is 8.90. The zero-order chi connectivity index (χ0) is 10.8. The Balaban J connectivity index is 2.64. The Morgan fingerprint density at radius 3 is 2.87 bits per heavy atom. The van der Waals surface area contributed by atoms with E-state index < -0.39 is 0 Å². The number of aromatic nitrogens is 2. The number of hydrogen-bond acceptors (Lipinski definition) is 2. The molecule has 1 N–H and O–H groups in total. The lowest BCUT2D eigenvalue weighted by Crippen LogP contribution is -1.87. The van der Waals surface area contributed by atoms with Crippen molar-refractivity contribution in [3.8, 4) is 17.3 Å². The maximum atomic E-state index is 8.90. The Labute approximate surface area is 88.4 Å². The van der Waals surface area contributed by atoms with Crippen molar-refractivity contribution in [2.45, 2.75) is 13.8 Å². The van der Waals surface area contributed by atoms with Crippen LogP contribution in [0.2, 0.25) is 0 Å². The van der Waals surface area contributed by atoms with E-state index in [-0.39, 0.29) is 0 Å². The minimum Gasteiger partial charge on any atom is -0.343 e. The van der Waals surface area contributed by atoms with E-state index in [4.69, 9.17) is 5.26 Å². The van der Waals surface area contributed by atoms with Gasteiger partial charge in [0.2, 0.25) is 0 Å². The number of nitrogens with zero attached hydrogens (tertiary/aromatic N) is 2. The van der Waals surface area contributed by atoms with Crippen LogP contribution in [-0.2, 0) is 0 Å². The summed E-state index contributed by atoms with van der Waals surface area (Å²) in [5.74, 6) is 0. The molecular formula is C12H11N3. The van der Waals surface area contributed by atoms with Crippen molar-refractivity contribution < 1.29 is 0 Å². The molecule has 1 aromatic carbocycles. The molecule has 0 saturated carbocycles. The summed E-state index contributed by atoms with van der Waals surface area (Å²) in [4.78, 5) is 6.97. The summed E-state index contributed by atoms with van der Waals surface area (Å²) in [7, 11) is 0. The number of nitriles is 1. The number of rotatable bonds is 1. The molecule has 0 spiro atoms. The van der Waals surface area contributed by atoms with E-state index >= 15 is 0 Å². The maximum Gasteiger partial charge on any atom is 0.166 e. The first kappa shape index (κ1) is 9.47. The van der Waals surface area contributed by atoms with Crippen molar-refractivity contribution in [2.75, 3.05) is 0 Å². The van der Waals surface area contributed by atoms with E-state index in [2.05, 4.69) is 28.2 Å². The minimum atomic E-state index is 0.448. The van der Waals surface area contributed by atoms with Crippen molar-refractivity contribution >= 4 is 0 Å². The number of nitrogens with one attached hydrogen (secondary N) is 1. The number of H-pyrrole nitrogens is 1. The molecular weight excluding hydrogens is 186 g/mol. The third kappa shape index (κ3) is 1.62. The zero-order valence-electron chi connectivity index (χ0n) is 8.70.